The van der Waals surface area contributed by atoms with Crippen LogP contribution in [0.5, 0.6) is 0 Å². The Morgan fingerprint density at radius 2 is 1.64 bits per heavy atom. The van der Waals surface area contributed by atoms with E-state index in [4.69, 9.17) is 0 Å². The lowest BCUT2D eigenvalue weighted by atomic mass is 10.0. The summed E-state index contributed by atoms with van der Waals surface area (Å²) >= 11 is 0. The van der Waals surface area contributed by atoms with E-state index in [1.807, 2.05) is 54.6 Å². The molecule has 0 fully saturated rings. The summed E-state index contributed by atoms with van der Waals surface area (Å²) in [4.78, 5) is 29.6. The standard InChI is InChI=1S/C28H24FN5O2/c29-25-9-5-4-8-23(25)18-33-19-31-27-24(28(33)36)17-32-34(27)15-14-30-26(35)16-20-10-12-22(13-11-20)21-6-2-1-3-7-21/h1-13,17,19H,14-16,18H2,(H,30,35). The highest BCUT2D eigenvalue weighted by molar-refractivity contribution is 5.79. The van der Waals surface area contributed by atoms with E-state index < -0.39 is 0 Å². The van der Waals surface area contributed by atoms with Crippen LogP contribution in [0.1, 0.15) is 11.1 Å². The maximum Gasteiger partial charge on any atom is 0.264 e. The van der Waals surface area contributed by atoms with E-state index in [1.165, 1.54) is 23.2 Å². The molecule has 2 heterocycles. The molecule has 5 rings (SSSR count). The molecule has 0 bridgehead atoms. The topological polar surface area (TPSA) is 81.8 Å². The first kappa shape index (κ1) is 23.2. The van der Waals surface area contributed by atoms with E-state index >= 15 is 0 Å². The van der Waals surface area contributed by atoms with Crippen LogP contribution in [0.3, 0.4) is 0 Å². The Kier molecular flexibility index (Phi) is 6.66. The number of nitrogens with one attached hydrogen (secondary N) is 1. The van der Waals surface area contributed by atoms with Gasteiger partial charge in [-0.25, -0.2) is 14.1 Å². The quantitative estimate of drug-likeness (QED) is 0.366. The normalized spacial score (nSPS) is 11.0. The van der Waals surface area contributed by atoms with Gasteiger partial charge >= 0.3 is 0 Å². The molecule has 1 amide bonds. The molecule has 1 N–H and O–H groups in total. The lowest BCUT2D eigenvalue weighted by Crippen LogP contribution is -2.29. The third-order valence-electron chi connectivity index (χ3n) is 5.99. The smallest absolute Gasteiger partial charge is 0.264 e. The fourth-order valence-corrected chi connectivity index (χ4v) is 4.08. The molecular weight excluding hydrogens is 457 g/mol. The Bertz CT molecular complexity index is 1560. The van der Waals surface area contributed by atoms with Crippen molar-refractivity contribution in [1.82, 2.24) is 24.6 Å². The Morgan fingerprint density at radius 3 is 2.42 bits per heavy atom. The van der Waals surface area contributed by atoms with E-state index in [0.29, 0.717) is 29.7 Å². The number of hydrogen-bond donors (Lipinski definition) is 1. The maximum absolute atomic E-state index is 14.0. The van der Waals surface area contributed by atoms with Crippen molar-refractivity contribution in [2.45, 2.75) is 19.5 Å². The first-order valence-corrected chi connectivity index (χ1v) is 11.6. The van der Waals surface area contributed by atoms with Crippen molar-refractivity contribution in [3.63, 3.8) is 0 Å². The van der Waals surface area contributed by atoms with Crippen LogP contribution in [0.15, 0.2) is 96.2 Å². The molecule has 0 radical (unpaired) electrons. The van der Waals surface area contributed by atoms with Crippen LogP contribution in [0.4, 0.5) is 4.39 Å². The van der Waals surface area contributed by atoms with Gasteiger partial charge in [0.05, 0.1) is 25.7 Å². The van der Waals surface area contributed by atoms with Gasteiger partial charge in [0.1, 0.15) is 17.5 Å². The Labute approximate surface area is 206 Å². The highest BCUT2D eigenvalue weighted by Crippen LogP contribution is 2.19. The molecule has 0 aliphatic carbocycles. The predicted molar refractivity (Wildman–Crippen MR) is 136 cm³/mol. The molecule has 0 spiro atoms. The minimum Gasteiger partial charge on any atom is -0.354 e. The molecule has 0 saturated carbocycles. The third kappa shape index (κ3) is 5.07. The molecule has 36 heavy (non-hydrogen) atoms. The van der Waals surface area contributed by atoms with Crippen LogP contribution in [0.25, 0.3) is 22.2 Å². The van der Waals surface area contributed by atoms with Gasteiger partial charge in [-0.05, 0) is 22.8 Å². The summed E-state index contributed by atoms with van der Waals surface area (Å²) < 4.78 is 16.9. The van der Waals surface area contributed by atoms with Gasteiger partial charge in [-0.2, -0.15) is 5.10 Å². The highest BCUT2D eigenvalue weighted by Gasteiger charge is 2.12. The molecule has 0 atom stereocenters. The zero-order valence-electron chi connectivity index (χ0n) is 19.5. The third-order valence-corrected chi connectivity index (χ3v) is 5.99. The lowest BCUT2D eigenvalue weighted by molar-refractivity contribution is -0.120. The number of carbonyl (C=O) groups excluding carboxylic acids is 1. The second kappa shape index (κ2) is 10.4. The number of nitrogens with zero attached hydrogens (tertiary/aromatic N) is 4. The summed E-state index contributed by atoms with van der Waals surface area (Å²) in [5.74, 6) is -0.470. The van der Waals surface area contributed by atoms with Crippen LogP contribution in [0.2, 0.25) is 0 Å². The van der Waals surface area contributed by atoms with Gasteiger partial charge in [0, 0.05) is 12.1 Å². The predicted octanol–water partition coefficient (Wildman–Crippen LogP) is 3.81. The number of rotatable bonds is 8. The first-order chi connectivity index (χ1) is 17.6. The van der Waals surface area contributed by atoms with Gasteiger partial charge in [-0.15, -0.1) is 0 Å². The van der Waals surface area contributed by atoms with Crippen molar-refractivity contribution in [3.05, 3.63) is 119 Å². The van der Waals surface area contributed by atoms with Crippen molar-refractivity contribution in [1.29, 1.82) is 0 Å². The van der Waals surface area contributed by atoms with E-state index in [-0.39, 0.29) is 30.2 Å². The number of fused-ring (bicyclic) bond motifs is 1. The van der Waals surface area contributed by atoms with E-state index in [1.54, 1.807) is 22.9 Å². The molecular formula is C28H24FN5O2. The van der Waals surface area contributed by atoms with Gasteiger partial charge in [0.15, 0.2) is 5.65 Å². The second-order valence-electron chi connectivity index (χ2n) is 8.46. The van der Waals surface area contributed by atoms with E-state index in [2.05, 4.69) is 15.4 Å². The minimum atomic E-state index is -0.372. The Hall–Kier alpha value is -4.59. The first-order valence-electron chi connectivity index (χ1n) is 11.6. The number of aromatic nitrogens is 4. The van der Waals surface area contributed by atoms with Crippen molar-refractivity contribution in [2.75, 3.05) is 6.54 Å². The lowest BCUT2D eigenvalue weighted by Gasteiger charge is -2.08. The van der Waals surface area contributed by atoms with Crippen molar-refractivity contribution >= 4 is 16.9 Å². The van der Waals surface area contributed by atoms with Gasteiger partial charge in [0.2, 0.25) is 5.91 Å². The molecule has 0 unspecified atom stereocenters. The fraction of sp³-hybridized carbons (Fsp3) is 0.143. The summed E-state index contributed by atoms with van der Waals surface area (Å²) in [7, 11) is 0. The molecule has 5 aromatic rings. The average molecular weight is 482 g/mol. The SMILES string of the molecule is O=C(Cc1ccc(-c2ccccc2)cc1)NCCn1ncc2c(=O)n(Cc3ccccc3F)cnc21. The van der Waals surface area contributed by atoms with E-state index in [9.17, 15) is 14.0 Å². The Morgan fingerprint density at radius 1 is 0.917 bits per heavy atom. The molecule has 2 aromatic heterocycles. The molecule has 7 nitrogen and oxygen atoms in total. The summed E-state index contributed by atoms with van der Waals surface area (Å²) in [5.41, 5.74) is 3.70. The number of benzene rings is 3. The molecule has 3 aromatic carbocycles. The van der Waals surface area contributed by atoms with Gasteiger partial charge in [-0.1, -0.05) is 72.8 Å². The van der Waals surface area contributed by atoms with Crippen LogP contribution in [0, 0.1) is 5.82 Å². The van der Waals surface area contributed by atoms with Crippen LogP contribution in [-0.4, -0.2) is 31.8 Å². The zero-order valence-corrected chi connectivity index (χ0v) is 19.5. The minimum absolute atomic E-state index is 0.0853. The van der Waals surface area contributed by atoms with Crippen LogP contribution in [-0.2, 0) is 24.3 Å². The number of hydrogen-bond acceptors (Lipinski definition) is 4. The largest absolute Gasteiger partial charge is 0.354 e. The van der Waals surface area contributed by atoms with Crippen molar-refractivity contribution in [3.8, 4) is 11.1 Å². The number of halogens is 1. The highest BCUT2D eigenvalue weighted by atomic mass is 19.1. The summed E-state index contributed by atoms with van der Waals surface area (Å²) in [6.07, 6.45) is 3.12. The van der Waals surface area contributed by atoms with Crippen molar-refractivity contribution < 1.29 is 9.18 Å². The van der Waals surface area contributed by atoms with Crippen LogP contribution < -0.4 is 10.9 Å². The zero-order chi connectivity index (χ0) is 24.9. The molecule has 0 aliphatic heterocycles. The van der Waals surface area contributed by atoms with Crippen molar-refractivity contribution in [2.24, 2.45) is 0 Å². The summed E-state index contributed by atoms with van der Waals surface area (Å²) in [5, 5.41) is 7.50. The van der Waals surface area contributed by atoms with Gasteiger partial charge in [0.25, 0.3) is 5.56 Å². The average Bonchev–Trinajstić information content (AvgIpc) is 3.31. The van der Waals surface area contributed by atoms with Gasteiger partial charge < -0.3 is 5.32 Å². The molecule has 8 heteroatoms. The second-order valence-corrected chi connectivity index (χ2v) is 8.46. The monoisotopic (exact) mass is 481 g/mol. The maximum atomic E-state index is 14.0. The summed E-state index contributed by atoms with van der Waals surface area (Å²) in [6, 6.07) is 24.3. The Balaban J connectivity index is 1.18. The van der Waals surface area contributed by atoms with Crippen LogP contribution >= 0.6 is 0 Å². The molecule has 0 saturated heterocycles. The number of carbonyl (C=O) groups is 1. The summed E-state index contributed by atoms with van der Waals surface area (Å²) in [6.45, 7) is 0.797. The molecule has 180 valence electrons. The van der Waals surface area contributed by atoms with Gasteiger partial charge in [-0.3, -0.25) is 14.2 Å². The fourth-order valence-electron chi connectivity index (χ4n) is 4.08. The number of amides is 1. The van der Waals surface area contributed by atoms with E-state index in [0.717, 1.165) is 16.7 Å². The molecule has 0 aliphatic rings.